The number of aromatic nitrogens is 5. The molecule has 0 radical (unpaired) electrons. The first kappa shape index (κ1) is 16.2. The first-order chi connectivity index (χ1) is 13.6. The number of benzene rings is 2. The number of rotatable bonds is 3. The van der Waals surface area contributed by atoms with Crippen LogP contribution in [0.15, 0.2) is 59.7 Å². The van der Waals surface area contributed by atoms with Crippen LogP contribution in [0.4, 0.5) is 4.39 Å². The second-order valence-corrected chi connectivity index (χ2v) is 6.29. The van der Waals surface area contributed by atoms with E-state index in [2.05, 4.69) is 15.0 Å². The van der Waals surface area contributed by atoms with E-state index in [-0.39, 0.29) is 11.5 Å². The molecule has 0 aliphatic heterocycles. The lowest BCUT2D eigenvalue weighted by Crippen LogP contribution is -1.99. The summed E-state index contributed by atoms with van der Waals surface area (Å²) in [5.74, 6) is 0.0628. The average Bonchev–Trinajstić information content (AvgIpc) is 3.27. The number of ether oxygens (including phenoxy) is 1. The molecular formula is C20H14FN5O2. The lowest BCUT2D eigenvalue weighted by molar-refractivity contribution is 0.400. The maximum atomic E-state index is 13.4. The molecule has 138 valence electrons. The number of nitrogens with zero attached hydrogens (tertiary/aromatic N) is 3. The SMILES string of the molecule is COc1nccn2c(-c3ccc4[nH]c(=O)[nH]c4c3)c(-c3ccc(F)cc3)nc12. The van der Waals surface area contributed by atoms with E-state index in [1.165, 1.54) is 19.2 Å². The highest BCUT2D eigenvalue weighted by Crippen LogP contribution is 2.35. The molecule has 0 unspecified atom stereocenters. The molecule has 0 fully saturated rings. The summed E-state index contributed by atoms with van der Waals surface area (Å²) in [6.07, 6.45) is 3.42. The van der Waals surface area contributed by atoms with Crippen molar-refractivity contribution in [2.75, 3.05) is 7.11 Å². The number of imidazole rings is 2. The Bertz CT molecular complexity index is 1380. The fraction of sp³-hybridized carbons (Fsp3) is 0.0500. The first-order valence-corrected chi connectivity index (χ1v) is 8.53. The lowest BCUT2D eigenvalue weighted by atomic mass is 10.0. The van der Waals surface area contributed by atoms with Gasteiger partial charge in [-0.25, -0.2) is 19.2 Å². The number of hydrogen-bond acceptors (Lipinski definition) is 4. The van der Waals surface area contributed by atoms with Crippen LogP contribution in [-0.2, 0) is 0 Å². The van der Waals surface area contributed by atoms with Gasteiger partial charge in [0.1, 0.15) is 5.82 Å². The summed E-state index contributed by atoms with van der Waals surface area (Å²) in [5.41, 5.74) is 4.70. The maximum absolute atomic E-state index is 13.4. The number of nitrogens with one attached hydrogen (secondary N) is 2. The number of H-pyrrole nitrogens is 2. The average molecular weight is 375 g/mol. The third-order valence-corrected chi connectivity index (χ3v) is 4.61. The topological polar surface area (TPSA) is 88.1 Å². The highest BCUT2D eigenvalue weighted by atomic mass is 19.1. The zero-order valence-corrected chi connectivity index (χ0v) is 14.7. The predicted molar refractivity (Wildman–Crippen MR) is 103 cm³/mol. The van der Waals surface area contributed by atoms with Crippen molar-refractivity contribution in [3.63, 3.8) is 0 Å². The van der Waals surface area contributed by atoms with Crippen LogP contribution in [0, 0.1) is 5.82 Å². The number of halogens is 1. The zero-order chi connectivity index (χ0) is 19.3. The van der Waals surface area contributed by atoms with Crippen LogP contribution in [-0.4, -0.2) is 31.4 Å². The van der Waals surface area contributed by atoms with Gasteiger partial charge in [0, 0.05) is 23.5 Å². The molecule has 5 aromatic rings. The first-order valence-electron chi connectivity index (χ1n) is 8.53. The Kier molecular flexibility index (Phi) is 3.51. The van der Waals surface area contributed by atoms with E-state index >= 15 is 0 Å². The van der Waals surface area contributed by atoms with E-state index in [0.29, 0.717) is 28.3 Å². The van der Waals surface area contributed by atoms with E-state index in [1.54, 1.807) is 24.5 Å². The van der Waals surface area contributed by atoms with Gasteiger partial charge in [-0.15, -0.1) is 0 Å². The Hall–Kier alpha value is -3.94. The smallest absolute Gasteiger partial charge is 0.323 e. The quantitative estimate of drug-likeness (QED) is 0.506. The Morgan fingerprint density at radius 2 is 1.79 bits per heavy atom. The number of fused-ring (bicyclic) bond motifs is 2. The minimum absolute atomic E-state index is 0.269. The summed E-state index contributed by atoms with van der Waals surface area (Å²) < 4.78 is 20.7. The Morgan fingerprint density at radius 3 is 2.57 bits per heavy atom. The third-order valence-electron chi connectivity index (χ3n) is 4.61. The number of hydrogen-bond donors (Lipinski definition) is 2. The molecule has 28 heavy (non-hydrogen) atoms. The van der Waals surface area contributed by atoms with Crippen molar-refractivity contribution in [2.45, 2.75) is 0 Å². The second-order valence-electron chi connectivity index (χ2n) is 6.29. The molecule has 3 heterocycles. The summed E-state index contributed by atoms with van der Waals surface area (Å²) in [7, 11) is 1.53. The summed E-state index contributed by atoms with van der Waals surface area (Å²) in [6, 6.07) is 11.7. The second kappa shape index (κ2) is 6.05. The minimum Gasteiger partial charge on any atom is -0.478 e. The summed E-state index contributed by atoms with van der Waals surface area (Å²) >= 11 is 0. The summed E-state index contributed by atoms with van der Waals surface area (Å²) in [5, 5.41) is 0. The van der Waals surface area contributed by atoms with Crippen molar-refractivity contribution in [3.05, 3.63) is 71.2 Å². The van der Waals surface area contributed by atoms with Crippen LogP contribution in [0.25, 0.3) is 39.2 Å². The van der Waals surface area contributed by atoms with Gasteiger partial charge in [0.05, 0.1) is 29.5 Å². The molecule has 0 atom stereocenters. The molecule has 0 aliphatic rings. The van der Waals surface area contributed by atoms with Gasteiger partial charge in [-0.2, -0.15) is 0 Å². The maximum Gasteiger partial charge on any atom is 0.323 e. The fourth-order valence-corrected chi connectivity index (χ4v) is 3.36. The zero-order valence-electron chi connectivity index (χ0n) is 14.7. The van der Waals surface area contributed by atoms with Gasteiger partial charge >= 0.3 is 5.69 Å². The molecule has 0 aliphatic carbocycles. The molecule has 0 amide bonds. The monoisotopic (exact) mass is 375 g/mol. The van der Waals surface area contributed by atoms with E-state index < -0.39 is 0 Å². The van der Waals surface area contributed by atoms with Crippen molar-refractivity contribution in [3.8, 4) is 28.4 Å². The van der Waals surface area contributed by atoms with Crippen LogP contribution in [0.1, 0.15) is 0 Å². The lowest BCUT2D eigenvalue weighted by Gasteiger charge is -2.07. The molecule has 8 heteroatoms. The van der Waals surface area contributed by atoms with Crippen molar-refractivity contribution in [1.82, 2.24) is 24.3 Å². The highest BCUT2D eigenvalue weighted by Gasteiger charge is 2.19. The fourth-order valence-electron chi connectivity index (χ4n) is 3.36. The van der Waals surface area contributed by atoms with Crippen molar-refractivity contribution in [2.24, 2.45) is 0 Å². The van der Waals surface area contributed by atoms with Crippen LogP contribution >= 0.6 is 0 Å². The van der Waals surface area contributed by atoms with Crippen molar-refractivity contribution >= 4 is 16.7 Å². The van der Waals surface area contributed by atoms with Gasteiger partial charge in [0.2, 0.25) is 5.65 Å². The standard InChI is InChI=1S/C20H14FN5O2/c1-28-19-18-25-16(11-2-5-13(21)6-3-11)17(26(18)9-8-22-19)12-4-7-14-15(10-12)24-20(27)23-14/h2-10H,1H3,(H2,23,24,27). The molecule has 7 nitrogen and oxygen atoms in total. The van der Waals surface area contributed by atoms with Crippen molar-refractivity contribution < 1.29 is 9.13 Å². The van der Waals surface area contributed by atoms with Gasteiger partial charge in [-0.05, 0) is 36.4 Å². The summed E-state index contributed by atoms with van der Waals surface area (Å²) in [6.45, 7) is 0. The Labute approximate surface area is 157 Å². The highest BCUT2D eigenvalue weighted by molar-refractivity contribution is 5.87. The van der Waals surface area contributed by atoms with E-state index in [0.717, 1.165) is 16.8 Å². The molecular weight excluding hydrogens is 361 g/mol. The van der Waals surface area contributed by atoms with Crippen LogP contribution in [0.2, 0.25) is 0 Å². The normalized spacial score (nSPS) is 11.4. The van der Waals surface area contributed by atoms with Gasteiger partial charge in [0.15, 0.2) is 0 Å². The van der Waals surface area contributed by atoms with E-state index in [9.17, 15) is 9.18 Å². The molecule has 2 aromatic carbocycles. The molecule has 0 bridgehead atoms. The van der Waals surface area contributed by atoms with Gasteiger partial charge in [-0.1, -0.05) is 6.07 Å². The molecule has 0 saturated heterocycles. The molecule has 0 saturated carbocycles. The predicted octanol–water partition coefficient (Wildman–Crippen LogP) is 3.38. The third kappa shape index (κ3) is 2.46. The van der Waals surface area contributed by atoms with Crippen molar-refractivity contribution in [1.29, 1.82) is 0 Å². The van der Waals surface area contributed by atoms with Crippen LogP contribution < -0.4 is 10.4 Å². The Balaban J connectivity index is 1.85. The van der Waals surface area contributed by atoms with Crippen LogP contribution in [0.3, 0.4) is 0 Å². The molecule has 3 aromatic heterocycles. The number of aromatic amines is 2. The van der Waals surface area contributed by atoms with Crippen LogP contribution in [0.5, 0.6) is 5.88 Å². The van der Waals surface area contributed by atoms with Gasteiger partial charge in [0.25, 0.3) is 5.88 Å². The number of methoxy groups -OCH3 is 1. The molecule has 2 N–H and O–H groups in total. The molecule has 0 spiro atoms. The van der Waals surface area contributed by atoms with E-state index in [1.807, 2.05) is 22.6 Å². The minimum atomic E-state index is -0.320. The largest absolute Gasteiger partial charge is 0.478 e. The molecule has 5 rings (SSSR count). The van der Waals surface area contributed by atoms with E-state index in [4.69, 9.17) is 9.72 Å². The Morgan fingerprint density at radius 1 is 1.04 bits per heavy atom. The van der Waals surface area contributed by atoms with Gasteiger partial charge in [-0.3, -0.25) is 4.40 Å². The van der Waals surface area contributed by atoms with Gasteiger partial charge < -0.3 is 14.7 Å². The summed E-state index contributed by atoms with van der Waals surface area (Å²) in [4.78, 5) is 26.1.